The minimum absolute atomic E-state index is 0.107. The maximum atomic E-state index is 12.9. The summed E-state index contributed by atoms with van der Waals surface area (Å²) in [4.78, 5) is 14.1. The molecule has 116 valence electrons. The molecule has 0 radical (unpaired) electrons. The van der Waals surface area contributed by atoms with Crippen LogP contribution in [0.15, 0.2) is 54.6 Å². The van der Waals surface area contributed by atoms with E-state index in [2.05, 4.69) is 0 Å². The van der Waals surface area contributed by atoms with Gasteiger partial charge in [0.05, 0.1) is 5.25 Å². The standard InChI is InChI=1S/C18H20FNOS/c1-14(22-13-16-8-10-17(19)11-9-16)18(21)20(2)12-15-6-4-3-5-7-15/h3-11,14H,12-13H2,1-2H3. The second-order valence-electron chi connectivity index (χ2n) is 5.26. The van der Waals surface area contributed by atoms with Crippen LogP contribution >= 0.6 is 11.8 Å². The number of carbonyl (C=O) groups is 1. The van der Waals surface area contributed by atoms with Crippen molar-refractivity contribution in [1.82, 2.24) is 4.90 Å². The van der Waals surface area contributed by atoms with E-state index >= 15 is 0 Å². The van der Waals surface area contributed by atoms with Gasteiger partial charge in [0.15, 0.2) is 0 Å². The molecule has 1 unspecified atom stereocenters. The fourth-order valence-electron chi connectivity index (χ4n) is 2.12. The predicted molar refractivity (Wildman–Crippen MR) is 90.1 cm³/mol. The van der Waals surface area contributed by atoms with Gasteiger partial charge in [0.25, 0.3) is 0 Å². The van der Waals surface area contributed by atoms with Crippen LogP contribution in [0.3, 0.4) is 0 Å². The Morgan fingerprint density at radius 1 is 1.09 bits per heavy atom. The topological polar surface area (TPSA) is 20.3 Å². The van der Waals surface area contributed by atoms with Gasteiger partial charge in [-0.3, -0.25) is 4.79 Å². The highest BCUT2D eigenvalue weighted by atomic mass is 32.2. The Morgan fingerprint density at radius 2 is 1.73 bits per heavy atom. The Labute approximate surface area is 135 Å². The minimum atomic E-state index is -0.236. The number of amides is 1. The van der Waals surface area contributed by atoms with Crippen molar-refractivity contribution in [1.29, 1.82) is 0 Å². The molecular weight excluding hydrogens is 297 g/mol. The number of hydrogen-bond donors (Lipinski definition) is 0. The zero-order valence-electron chi connectivity index (χ0n) is 12.8. The summed E-state index contributed by atoms with van der Waals surface area (Å²) < 4.78 is 12.9. The molecule has 0 saturated heterocycles. The summed E-state index contributed by atoms with van der Waals surface area (Å²) >= 11 is 1.57. The fourth-order valence-corrected chi connectivity index (χ4v) is 3.08. The molecule has 0 aliphatic rings. The molecule has 4 heteroatoms. The van der Waals surface area contributed by atoms with E-state index in [4.69, 9.17) is 0 Å². The summed E-state index contributed by atoms with van der Waals surface area (Å²) in [5, 5.41) is -0.126. The Morgan fingerprint density at radius 3 is 2.36 bits per heavy atom. The molecule has 0 saturated carbocycles. The van der Waals surface area contributed by atoms with Gasteiger partial charge in [0, 0.05) is 19.3 Å². The molecule has 0 bridgehead atoms. The zero-order chi connectivity index (χ0) is 15.9. The predicted octanol–water partition coefficient (Wildman–Crippen LogP) is 4.11. The van der Waals surface area contributed by atoms with Crippen molar-refractivity contribution in [3.8, 4) is 0 Å². The first-order valence-corrected chi connectivity index (χ1v) is 8.26. The van der Waals surface area contributed by atoms with Crippen LogP contribution in [0.5, 0.6) is 0 Å². The molecule has 2 aromatic carbocycles. The van der Waals surface area contributed by atoms with Crippen molar-refractivity contribution in [2.45, 2.75) is 24.5 Å². The number of thioether (sulfide) groups is 1. The van der Waals surface area contributed by atoms with Gasteiger partial charge in [-0.15, -0.1) is 11.8 Å². The molecule has 0 aliphatic carbocycles. The normalized spacial score (nSPS) is 12.0. The molecule has 22 heavy (non-hydrogen) atoms. The van der Waals surface area contributed by atoms with Crippen LogP contribution in [0.1, 0.15) is 18.1 Å². The van der Waals surface area contributed by atoms with E-state index in [1.54, 1.807) is 28.8 Å². The van der Waals surface area contributed by atoms with E-state index in [0.29, 0.717) is 12.3 Å². The first-order valence-electron chi connectivity index (χ1n) is 7.21. The third-order valence-corrected chi connectivity index (χ3v) is 4.60. The number of rotatable bonds is 6. The highest BCUT2D eigenvalue weighted by molar-refractivity contribution is 7.99. The molecular formula is C18H20FNOS. The zero-order valence-corrected chi connectivity index (χ0v) is 13.6. The average Bonchev–Trinajstić information content (AvgIpc) is 2.54. The van der Waals surface area contributed by atoms with Crippen LogP contribution in [-0.2, 0) is 17.1 Å². The highest BCUT2D eigenvalue weighted by Gasteiger charge is 2.18. The van der Waals surface area contributed by atoms with Gasteiger partial charge < -0.3 is 4.90 Å². The van der Waals surface area contributed by atoms with Crippen LogP contribution in [0.25, 0.3) is 0 Å². The summed E-state index contributed by atoms with van der Waals surface area (Å²) in [6.45, 7) is 2.53. The molecule has 1 atom stereocenters. The highest BCUT2D eigenvalue weighted by Crippen LogP contribution is 2.20. The molecule has 0 N–H and O–H groups in total. The van der Waals surface area contributed by atoms with Gasteiger partial charge in [0.2, 0.25) is 5.91 Å². The first-order chi connectivity index (χ1) is 10.6. The lowest BCUT2D eigenvalue weighted by Crippen LogP contribution is -2.32. The second kappa shape index (κ2) is 7.99. The summed E-state index contributed by atoms with van der Waals surface area (Å²) in [5.74, 6) is 0.572. The first kappa shape index (κ1) is 16.6. The van der Waals surface area contributed by atoms with Crippen molar-refractivity contribution in [2.75, 3.05) is 7.05 Å². The van der Waals surface area contributed by atoms with E-state index in [9.17, 15) is 9.18 Å². The maximum absolute atomic E-state index is 12.9. The molecule has 2 nitrogen and oxygen atoms in total. The smallest absolute Gasteiger partial charge is 0.235 e. The van der Waals surface area contributed by atoms with Gasteiger partial charge in [-0.25, -0.2) is 4.39 Å². The summed E-state index contributed by atoms with van der Waals surface area (Å²) in [6, 6.07) is 16.3. The van der Waals surface area contributed by atoms with Crippen LogP contribution in [0.4, 0.5) is 4.39 Å². The quantitative estimate of drug-likeness (QED) is 0.799. The average molecular weight is 317 g/mol. The Kier molecular flexibility index (Phi) is 6.01. The van der Waals surface area contributed by atoms with Crippen LogP contribution in [-0.4, -0.2) is 23.1 Å². The third-order valence-electron chi connectivity index (χ3n) is 3.40. The number of nitrogens with zero attached hydrogens (tertiary/aromatic N) is 1. The lowest BCUT2D eigenvalue weighted by atomic mass is 10.2. The van der Waals surface area contributed by atoms with Crippen LogP contribution < -0.4 is 0 Å². The van der Waals surface area contributed by atoms with Crippen molar-refractivity contribution in [2.24, 2.45) is 0 Å². The number of benzene rings is 2. The summed E-state index contributed by atoms with van der Waals surface area (Å²) in [6.07, 6.45) is 0. The summed E-state index contributed by atoms with van der Waals surface area (Å²) in [5.41, 5.74) is 2.14. The number of hydrogen-bond acceptors (Lipinski definition) is 2. The lowest BCUT2D eigenvalue weighted by Gasteiger charge is -2.21. The molecule has 0 heterocycles. The molecule has 1 amide bonds. The molecule has 0 spiro atoms. The van der Waals surface area contributed by atoms with Crippen molar-refractivity contribution in [3.63, 3.8) is 0 Å². The minimum Gasteiger partial charge on any atom is -0.340 e. The molecule has 0 aliphatic heterocycles. The third kappa shape index (κ3) is 4.88. The molecule has 2 rings (SSSR count). The van der Waals surface area contributed by atoms with Gasteiger partial charge in [-0.05, 0) is 30.2 Å². The van der Waals surface area contributed by atoms with Crippen molar-refractivity contribution < 1.29 is 9.18 Å². The molecule has 2 aromatic rings. The lowest BCUT2D eigenvalue weighted by molar-refractivity contribution is -0.129. The fraction of sp³-hybridized carbons (Fsp3) is 0.278. The van der Waals surface area contributed by atoms with E-state index < -0.39 is 0 Å². The van der Waals surface area contributed by atoms with E-state index in [0.717, 1.165) is 11.1 Å². The van der Waals surface area contributed by atoms with E-state index in [1.165, 1.54) is 12.1 Å². The van der Waals surface area contributed by atoms with Crippen LogP contribution in [0.2, 0.25) is 0 Å². The van der Waals surface area contributed by atoms with Crippen molar-refractivity contribution >= 4 is 17.7 Å². The van der Waals surface area contributed by atoms with E-state index in [-0.39, 0.29) is 17.0 Å². The van der Waals surface area contributed by atoms with Crippen LogP contribution in [0, 0.1) is 5.82 Å². The SMILES string of the molecule is CC(SCc1ccc(F)cc1)C(=O)N(C)Cc1ccccc1. The second-order valence-corrected chi connectivity index (χ2v) is 6.59. The monoisotopic (exact) mass is 317 g/mol. The number of carbonyl (C=O) groups excluding carboxylic acids is 1. The van der Waals surface area contributed by atoms with E-state index in [1.807, 2.05) is 44.3 Å². The van der Waals surface area contributed by atoms with Gasteiger partial charge in [0.1, 0.15) is 5.82 Å². The Hall–Kier alpha value is -1.81. The van der Waals surface area contributed by atoms with Crippen molar-refractivity contribution in [3.05, 3.63) is 71.5 Å². The maximum Gasteiger partial charge on any atom is 0.235 e. The molecule has 0 aromatic heterocycles. The Balaban J connectivity index is 1.84. The van der Waals surface area contributed by atoms with Gasteiger partial charge in [-0.1, -0.05) is 42.5 Å². The molecule has 0 fully saturated rings. The largest absolute Gasteiger partial charge is 0.340 e. The van der Waals surface area contributed by atoms with Gasteiger partial charge in [-0.2, -0.15) is 0 Å². The van der Waals surface area contributed by atoms with Gasteiger partial charge >= 0.3 is 0 Å². The summed E-state index contributed by atoms with van der Waals surface area (Å²) in [7, 11) is 1.82. The number of halogens is 1. The Bertz CT molecular complexity index is 600.